The first-order valence-corrected chi connectivity index (χ1v) is 5.17. The summed E-state index contributed by atoms with van der Waals surface area (Å²) in [6.45, 7) is 16.4. The third-order valence-electron chi connectivity index (χ3n) is 0.789. The highest BCUT2D eigenvalue weighted by atomic mass is 13.7. The summed E-state index contributed by atoms with van der Waals surface area (Å²) in [5.41, 5.74) is 0. The Balaban J connectivity index is -0.000000101. The maximum atomic E-state index is 3.48. The molecule has 0 radical (unpaired) electrons. The maximum Gasteiger partial charge on any atom is -0.0382 e. The van der Waals surface area contributed by atoms with Gasteiger partial charge >= 0.3 is 0 Å². The molecule has 0 saturated heterocycles. The van der Waals surface area contributed by atoms with Gasteiger partial charge in [-0.25, -0.2) is 0 Å². The number of allylic oxidation sites excluding steroid dienone is 1. The van der Waals surface area contributed by atoms with Crippen LogP contribution in [0.5, 0.6) is 0 Å². The van der Waals surface area contributed by atoms with E-state index in [1.165, 1.54) is 12.8 Å². The minimum atomic E-state index is 0.833. The summed E-state index contributed by atoms with van der Waals surface area (Å²) in [6.07, 6.45) is 5.60. The van der Waals surface area contributed by atoms with Gasteiger partial charge in [-0.1, -0.05) is 60.5 Å². The lowest BCUT2D eigenvalue weighted by Gasteiger charge is -1.79. The molecule has 0 fully saturated rings. The normalized spacial score (nSPS) is 7.58. The second-order valence-electron chi connectivity index (χ2n) is 3.43. The van der Waals surface area contributed by atoms with Gasteiger partial charge in [0.25, 0.3) is 0 Å². The van der Waals surface area contributed by atoms with Crippen LogP contribution in [0.2, 0.25) is 0 Å². The molecule has 0 aliphatic heterocycles. The third kappa shape index (κ3) is 246. The first-order valence-electron chi connectivity index (χ1n) is 5.17. The van der Waals surface area contributed by atoms with Gasteiger partial charge in [-0.3, -0.25) is 0 Å². The van der Waals surface area contributed by atoms with Crippen molar-refractivity contribution in [1.82, 2.24) is 0 Å². The molecule has 12 heavy (non-hydrogen) atoms. The number of unbranched alkanes of at least 4 members (excludes halogenated alkanes) is 1. The smallest absolute Gasteiger partial charge is 0.0382 e. The Kier molecular flexibility index (Phi) is 33.1. The molecule has 0 unspecified atom stereocenters. The first-order chi connectivity index (χ1) is 5.56. The van der Waals surface area contributed by atoms with Crippen LogP contribution in [0, 0.1) is 5.92 Å². The summed E-state index contributed by atoms with van der Waals surface area (Å²) in [5.74, 6) is 0.833. The van der Waals surface area contributed by atoms with Crippen LogP contribution in [0.1, 0.15) is 60.8 Å². The lowest BCUT2D eigenvalue weighted by molar-refractivity contribution is 0.737. The van der Waals surface area contributed by atoms with Gasteiger partial charge in [-0.05, 0) is 12.3 Å². The van der Waals surface area contributed by atoms with Crippen molar-refractivity contribution in [3.8, 4) is 0 Å². The van der Waals surface area contributed by atoms with E-state index in [-0.39, 0.29) is 0 Å². The van der Waals surface area contributed by atoms with E-state index in [1.807, 2.05) is 6.08 Å². The average molecular weight is 172 g/mol. The van der Waals surface area contributed by atoms with Crippen molar-refractivity contribution in [2.75, 3.05) is 0 Å². The van der Waals surface area contributed by atoms with Crippen LogP contribution in [0.25, 0.3) is 0 Å². The zero-order chi connectivity index (χ0) is 10.4. The fourth-order valence-electron chi connectivity index (χ4n) is 0. The SMILES string of the molecule is C=CCC.CC(C)C.CCCC. The van der Waals surface area contributed by atoms with E-state index < -0.39 is 0 Å². The molecule has 0 heteroatoms. The van der Waals surface area contributed by atoms with Crippen molar-refractivity contribution in [2.45, 2.75) is 60.8 Å². The minimum absolute atomic E-state index is 0.833. The predicted octanol–water partition coefficient (Wildman–Crippen LogP) is 5.05. The van der Waals surface area contributed by atoms with Gasteiger partial charge in [-0.15, -0.1) is 6.58 Å². The van der Waals surface area contributed by atoms with Gasteiger partial charge in [0, 0.05) is 0 Å². The van der Waals surface area contributed by atoms with Crippen LogP contribution in [0.4, 0.5) is 0 Å². The molecule has 76 valence electrons. The summed E-state index contributed by atoms with van der Waals surface area (Å²) in [7, 11) is 0. The molecule has 0 N–H and O–H groups in total. The molecule has 0 bridgehead atoms. The van der Waals surface area contributed by atoms with Crippen LogP contribution >= 0.6 is 0 Å². The van der Waals surface area contributed by atoms with Gasteiger partial charge < -0.3 is 0 Å². The monoisotopic (exact) mass is 172 g/mol. The fourth-order valence-corrected chi connectivity index (χ4v) is 0. The Morgan fingerprint density at radius 2 is 1.17 bits per heavy atom. The molecular formula is C12H28. The average Bonchev–Trinajstić information content (AvgIpc) is 2.03. The first kappa shape index (κ1) is 17.7. The minimum Gasteiger partial charge on any atom is -0.103 e. The van der Waals surface area contributed by atoms with Crippen molar-refractivity contribution in [2.24, 2.45) is 5.92 Å². The summed E-state index contributed by atoms with van der Waals surface area (Å²) in [5, 5.41) is 0. The predicted molar refractivity (Wildman–Crippen MR) is 61.6 cm³/mol. The topological polar surface area (TPSA) is 0 Å². The van der Waals surface area contributed by atoms with Crippen molar-refractivity contribution in [3.05, 3.63) is 12.7 Å². The van der Waals surface area contributed by atoms with Crippen LogP contribution in [0.3, 0.4) is 0 Å². The standard InChI is InChI=1S/2C4H10.C4H8/c1-4(2)3;2*1-3-4-2/h4H,1-3H3;3-4H2,1-2H3;3H,1,4H2,2H3. The van der Waals surface area contributed by atoms with Crippen LogP contribution < -0.4 is 0 Å². The molecule has 0 aliphatic carbocycles. The van der Waals surface area contributed by atoms with Gasteiger partial charge in [0.1, 0.15) is 0 Å². The lowest BCUT2D eigenvalue weighted by atomic mass is 10.3. The quantitative estimate of drug-likeness (QED) is 0.511. The maximum absolute atomic E-state index is 3.48. The molecule has 0 spiro atoms. The summed E-state index contributed by atoms with van der Waals surface area (Å²) in [6, 6.07) is 0. The number of rotatable bonds is 2. The molecule has 0 atom stereocenters. The van der Waals surface area contributed by atoms with Gasteiger partial charge in [0.15, 0.2) is 0 Å². The molecule has 0 heterocycles. The van der Waals surface area contributed by atoms with Gasteiger partial charge in [-0.2, -0.15) is 0 Å². The highest BCUT2D eigenvalue weighted by Crippen LogP contribution is 1.81. The van der Waals surface area contributed by atoms with E-state index in [4.69, 9.17) is 0 Å². The molecule has 0 nitrogen and oxygen atoms in total. The van der Waals surface area contributed by atoms with Crippen LogP contribution in [-0.2, 0) is 0 Å². The Bertz CT molecular complexity index is 48.3. The van der Waals surface area contributed by atoms with E-state index in [1.54, 1.807) is 0 Å². The van der Waals surface area contributed by atoms with Crippen molar-refractivity contribution in [3.63, 3.8) is 0 Å². The molecule has 0 aromatic rings. The molecule has 0 aromatic heterocycles. The molecule has 0 amide bonds. The Morgan fingerprint density at radius 1 is 1.00 bits per heavy atom. The van der Waals surface area contributed by atoms with E-state index >= 15 is 0 Å². The van der Waals surface area contributed by atoms with Crippen molar-refractivity contribution >= 4 is 0 Å². The van der Waals surface area contributed by atoms with E-state index in [0.29, 0.717) is 0 Å². The summed E-state index contributed by atoms with van der Waals surface area (Å²) in [4.78, 5) is 0. The lowest BCUT2D eigenvalue weighted by Crippen LogP contribution is -1.66. The zero-order valence-electron chi connectivity index (χ0n) is 9.98. The fraction of sp³-hybridized carbons (Fsp3) is 0.833. The van der Waals surface area contributed by atoms with Crippen LogP contribution in [-0.4, -0.2) is 0 Å². The Hall–Kier alpha value is -0.260. The third-order valence-corrected chi connectivity index (χ3v) is 0.789. The largest absolute Gasteiger partial charge is 0.103 e. The molecule has 0 saturated carbocycles. The van der Waals surface area contributed by atoms with Gasteiger partial charge in [0.2, 0.25) is 0 Å². The zero-order valence-corrected chi connectivity index (χ0v) is 9.98. The molecule has 0 aromatic carbocycles. The van der Waals surface area contributed by atoms with Crippen molar-refractivity contribution in [1.29, 1.82) is 0 Å². The molecule has 0 aliphatic rings. The molecular weight excluding hydrogens is 144 g/mol. The highest BCUT2D eigenvalue weighted by Gasteiger charge is 1.68. The van der Waals surface area contributed by atoms with Gasteiger partial charge in [0.05, 0.1) is 0 Å². The summed E-state index contributed by atoms with van der Waals surface area (Å²) >= 11 is 0. The Morgan fingerprint density at radius 3 is 1.17 bits per heavy atom. The van der Waals surface area contributed by atoms with E-state index in [9.17, 15) is 0 Å². The molecule has 0 rings (SSSR count). The van der Waals surface area contributed by atoms with E-state index in [2.05, 4.69) is 48.1 Å². The summed E-state index contributed by atoms with van der Waals surface area (Å²) < 4.78 is 0. The van der Waals surface area contributed by atoms with Crippen LogP contribution in [0.15, 0.2) is 12.7 Å². The number of hydrogen-bond donors (Lipinski definition) is 0. The number of hydrogen-bond acceptors (Lipinski definition) is 0. The van der Waals surface area contributed by atoms with Crippen molar-refractivity contribution < 1.29 is 0 Å². The highest BCUT2D eigenvalue weighted by molar-refractivity contribution is 4.60. The second-order valence-corrected chi connectivity index (χ2v) is 3.43. The van der Waals surface area contributed by atoms with E-state index in [0.717, 1.165) is 12.3 Å². The second kappa shape index (κ2) is 22.4. The Labute approximate surface area is 80.1 Å².